The lowest BCUT2D eigenvalue weighted by atomic mass is 10.2. The number of rotatable bonds is 4. The zero-order valence-electron chi connectivity index (χ0n) is 12.3. The quantitative estimate of drug-likeness (QED) is 0.677. The smallest absolute Gasteiger partial charge is 0.132 e. The highest BCUT2D eigenvalue weighted by molar-refractivity contribution is 5.82. The predicted octanol–water partition coefficient (Wildman–Crippen LogP) is 4.69. The van der Waals surface area contributed by atoms with Gasteiger partial charge in [-0.25, -0.2) is 4.39 Å². The van der Waals surface area contributed by atoms with Crippen LogP contribution in [0, 0.1) is 12.7 Å². The SMILES string of the molecule is CCn1c(COc2ccccc2C)cc2c(F)cccc21. The first-order valence-corrected chi connectivity index (χ1v) is 7.15. The fourth-order valence-electron chi connectivity index (χ4n) is 2.67. The van der Waals surface area contributed by atoms with Gasteiger partial charge in [0.15, 0.2) is 0 Å². The van der Waals surface area contributed by atoms with Gasteiger partial charge < -0.3 is 9.30 Å². The molecule has 0 atom stereocenters. The van der Waals surface area contributed by atoms with Crippen molar-refractivity contribution >= 4 is 10.9 Å². The molecular weight excluding hydrogens is 265 g/mol. The van der Waals surface area contributed by atoms with Gasteiger partial charge in [-0.1, -0.05) is 24.3 Å². The van der Waals surface area contributed by atoms with E-state index in [0.29, 0.717) is 12.0 Å². The molecule has 0 spiro atoms. The molecular formula is C18H18FNO. The van der Waals surface area contributed by atoms with E-state index >= 15 is 0 Å². The summed E-state index contributed by atoms with van der Waals surface area (Å²) in [4.78, 5) is 0. The van der Waals surface area contributed by atoms with Crippen LogP contribution in [0.5, 0.6) is 5.75 Å². The van der Waals surface area contributed by atoms with Crippen LogP contribution in [0.4, 0.5) is 4.39 Å². The van der Waals surface area contributed by atoms with Crippen molar-refractivity contribution in [1.82, 2.24) is 4.57 Å². The number of para-hydroxylation sites is 1. The third kappa shape index (κ3) is 2.51. The van der Waals surface area contributed by atoms with E-state index in [-0.39, 0.29) is 5.82 Å². The summed E-state index contributed by atoms with van der Waals surface area (Å²) in [6.45, 7) is 5.30. The summed E-state index contributed by atoms with van der Waals surface area (Å²) in [5, 5.41) is 0.655. The number of nitrogens with zero attached hydrogens (tertiary/aromatic N) is 1. The van der Waals surface area contributed by atoms with Gasteiger partial charge in [0.2, 0.25) is 0 Å². The van der Waals surface area contributed by atoms with Crippen LogP contribution in [0.1, 0.15) is 18.2 Å². The van der Waals surface area contributed by atoms with Crippen molar-refractivity contribution in [2.75, 3.05) is 0 Å². The Labute approximate surface area is 123 Å². The van der Waals surface area contributed by atoms with E-state index in [4.69, 9.17) is 4.74 Å². The second-order valence-corrected chi connectivity index (χ2v) is 5.11. The molecule has 0 radical (unpaired) electrons. The van der Waals surface area contributed by atoms with Gasteiger partial charge in [0.25, 0.3) is 0 Å². The molecule has 21 heavy (non-hydrogen) atoms. The van der Waals surface area contributed by atoms with Gasteiger partial charge in [0, 0.05) is 11.9 Å². The molecule has 0 saturated heterocycles. The van der Waals surface area contributed by atoms with E-state index in [1.54, 1.807) is 6.07 Å². The fourth-order valence-corrected chi connectivity index (χ4v) is 2.67. The van der Waals surface area contributed by atoms with Crippen LogP contribution >= 0.6 is 0 Å². The van der Waals surface area contributed by atoms with Crippen LogP contribution in [0.25, 0.3) is 10.9 Å². The summed E-state index contributed by atoms with van der Waals surface area (Å²) in [7, 11) is 0. The van der Waals surface area contributed by atoms with E-state index in [9.17, 15) is 4.39 Å². The molecule has 0 aliphatic carbocycles. The van der Waals surface area contributed by atoms with Crippen molar-refractivity contribution in [3.8, 4) is 5.75 Å². The third-order valence-corrected chi connectivity index (χ3v) is 3.76. The topological polar surface area (TPSA) is 14.2 Å². The minimum absolute atomic E-state index is 0.183. The third-order valence-electron chi connectivity index (χ3n) is 3.76. The Bertz CT molecular complexity index is 776. The molecule has 3 heteroatoms. The summed E-state index contributed by atoms with van der Waals surface area (Å²) in [5.74, 6) is 0.683. The molecule has 0 bridgehead atoms. The van der Waals surface area contributed by atoms with Gasteiger partial charge in [-0.2, -0.15) is 0 Å². The van der Waals surface area contributed by atoms with Gasteiger partial charge in [-0.15, -0.1) is 0 Å². The lowest BCUT2D eigenvalue weighted by Crippen LogP contribution is -2.05. The second-order valence-electron chi connectivity index (χ2n) is 5.11. The minimum Gasteiger partial charge on any atom is -0.487 e. The number of aromatic nitrogens is 1. The molecule has 0 aliphatic heterocycles. The van der Waals surface area contributed by atoms with Crippen molar-refractivity contribution in [1.29, 1.82) is 0 Å². The molecule has 0 fully saturated rings. The van der Waals surface area contributed by atoms with Crippen molar-refractivity contribution in [3.63, 3.8) is 0 Å². The Morgan fingerprint density at radius 1 is 1.10 bits per heavy atom. The molecule has 2 nitrogen and oxygen atoms in total. The van der Waals surface area contributed by atoms with Crippen LogP contribution in [-0.2, 0) is 13.2 Å². The number of halogens is 1. The molecule has 2 aromatic carbocycles. The summed E-state index contributed by atoms with van der Waals surface area (Å²) in [5.41, 5.74) is 3.00. The Hall–Kier alpha value is -2.29. The largest absolute Gasteiger partial charge is 0.487 e. The van der Waals surface area contributed by atoms with E-state index in [1.807, 2.05) is 43.3 Å². The van der Waals surface area contributed by atoms with Crippen LogP contribution in [0.3, 0.4) is 0 Å². The van der Waals surface area contributed by atoms with Gasteiger partial charge in [-0.05, 0) is 43.7 Å². The maximum absolute atomic E-state index is 13.9. The summed E-state index contributed by atoms with van der Waals surface area (Å²) in [6, 6.07) is 15.0. The highest BCUT2D eigenvalue weighted by atomic mass is 19.1. The molecule has 0 unspecified atom stereocenters. The number of ether oxygens (including phenoxy) is 1. The average Bonchev–Trinajstić information content (AvgIpc) is 2.85. The van der Waals surface area contributed by atoms with E-state index < -0.39 is 0 Å². The zero-order valence-corrected chi connectivity index (χ0v) is 12.3. The van der Waals surface area contributed by atoms with Gasteiger partial charge >= 0.3 is 0 Å². The first-order valence-electron chi connectivity index (χ1n) is 7.15. The van der Waals surface area contributed by atoms with Crippen molar-refractivity contribution in [3.05, 3.63) is 65.6 Å². The zero-order chi connectivity index (χ0) is 14.8. The first kappa shape index (κ1) is 13.7. The predicted molar refractivity (Wildman–Crippen MR) is 83.1 cm³/mol. The number of benzene rings is 2. The molecule has 0 aliphatic rings. The molecule has 0 amide bonds. The van der Waals surface area contributed by atoms with Crippen molar-refractivity contribution in [2.45, 2.75) is 27.0 Å². The number of hydrogen-bond donors (Lipinski definition) is 0. The second kappa shape index (κ2) is 5.60. The maximum Gasteiger partial charge on any atom is 0.132 e. The van der Waals surface area contributed by atoms with Gasteiger partial charge in [-0.3, -0.25) is 0 Å². The van der Waals surface area contributed by atoms with Crippen LogP contribution in [-0.4, -0.2) is 4.57 Å². The number of hydrogen-bond acceptors (Lipinski definition) is 1. The Morgan fingerprint density at radius 3 is 2.67 bits per heavy atom. The summed E-state index contributed by atoms with van der Waals surface area (Å²) < 4.78 is 21.9. The number of fused-ring (bicyclic) bond motifs is 1. The van der Waals surface area contributed by atoms with Gasteiger partial charge in [0.05, 0.1) is 11.2 Å². The maximum atomic E-state index is 13.9. The minimum atomic E-state index is -0.183. The highest BCUT2D eigenvalue weighted by Crippen LogP contribution is 2.24. The molecule has 1 aromatic heterocycles. The Balaban J connectivity index is 1.94. The molecule has 3 rings (SSSR count). The molecule has 3 aromatic rings. The molecule has 0 saturated carbocycles. The lowest BCUT2D eigenvalue weighted by Gasteiger charge is -2.11. The average molecular weight is 283 g/mol. The van der Waals surface area contributed by atoms with Crippen LogP contribution in [0.15, 0.2) is 48.5 Å². The Morgan fingerprint density at radius 2 is 1.90 bits per heavy atom. The standard InChI is InChI=1S/C18H18FNO/c1-3-20-14(11-15-16(19)8-6-9-17(15)20)12-21-18-10-5-4-7-13(18)2/h4-11H,3,12H2,1-2H3. The van der Waals surface area contributed by atoms with Crippen molar-refractivity contribution in [2.24, 2.45) is 0 Å². The van der Waals surface area contributed by atoms with Crippen molar-refractivity contribution < 1.29 is 9.13 Å². The summed E-state index contributed by atoms with van der Waals surface area (Å²) >= 11 is 0. The monoisotopic (exact) mass is 283 g/mol. The summed E-state index contributed by atoms with van der Waals surface area (Å²) in [6.07, 6.45) is 0. The Kier molecular flexibility index (Phi) is 3.65. The normalized spacial score (nSPS) is 11.0. The van der Waals surface area contributed by atoms with Gasteiger partial charge in [0.1, 0.15) is 18.2 Å². The molecule has 108 valence electrons. The van der Waals surface area contributed by atoms with Crippen LogP contribution < -0.4 is 4.74 Å². The van der Waals surface area contributed by atoms with Crippen LogP contribution in [0.2, 0.25) is 0 Å². The number of aryl methyl sites for hydroxylation is 2. The van der Waals surface area contributed by atoms with E-state index in [0.717, 1.165) is 29.1 Å². The molecule has 1 heterocycles. The lowest BCUT2D eigenvalue weighted by molar-refractivity contribution is 0.294. The highest BCUT2D eigenvalue weighted by Gasteiger charge is 2.11. The first-order chi connectivity index (χ1) is 10.2. The fraction of sp³-hybridized carbons (Fsp3) is 0.222. The van der Waals surface area contributed by atoms with E-state index in [2.05, 4.69) is 11.5 Å². The molecule has 0 N–H and O–H groups in total. The van der Waals surface area contributed by atoms with E-state index in [1.165, 1.54) is 6.07 Å².